The Hall–Kier alpha value is -1.28. The van der Waals surface area contributed by atoms with Crippen LogP contribution in [0.5, 0.6) is 0 Å². The minimum atomic E-state index is 0.377. The number of aromatic nitrogens is 1. The van der Waals surface area contributed by atoms with Crippen molar-refractivity contribution in [2.45, 2.75) is 19.9 Å². The molecule has 1 unspecified atom stereocenters. The van der Waals surface area contributed by atoms with Crippen molar-refractivity contribution in [3.05, 3.63) is 35.5 Å². The molecular formula is C12H16N2. The molecule has 0 amide bonds. The average molecular weight is 188 g/mol. The summed E-state index contributed by atoms with van der Waals surface area (Å²) in [6.07, 6.45) is 0. The Kier molecular flexibility index (Phi) is 2.30. The van der Waals surface area contributed by atoms with Gasteiger partial charge in [0.25, 0.3) is 0 Å². The number of hydrogen-bond donors (Lipinski definition) is 2. The third-order valence-corrected chi connectivity index (χ3v) is 2.80. The minimum absolute atomic E-state index is 0.377. The fourth-order valence-electron chi connectivity index (χ4n) is 1.72. The molecule has 0 spiro atoms. The van der Waals surface area contributed by atoms with Gasteiger partial charge in [-0.15, -0.1) is 0 Å². The van der Waals surface area contributed by atoms with E-state index in [9.17, 15) is 0 Å². The first-order chi connectivity index (χ1) is 6.72. The normalized spacial score (nSPS) is 13.4. The lowest BCUT2D eigenvalue weighted by Gasteiger charge is -2.06. The van der Waals surface area contributed by atoms with Gasteiger partial charge in [-0.2, -0.15) is 0 Å². The summed E-state index contributed by atoms with van der Waals surface area (Å²) < 4.78 is 0. The van der Waals surface area contributed by atoms with Crippen LogP contribution in [0.15, 0.2) is 24.3 Å². The number of H-pyrrole nitrogens is 1. The van der Waals surface area contributed by atoms with E-state index in [1.54, 1.807) is 0 Å². The Labute approximate surface area is 84.3 Å². The first kappa shape index (κ1) is 9.28. The van der Waals surface area contributed by atoms with Gasteiger partial charge in [-0.1, -0.05) is 12.1 Å². The Balaban J connectivity index is 2.56. The highest BCUT2D eigenvalue weighted by atomic mass is 14.9. The quantitative estimate of drug-likeness (QED) is 0.745. The largest absolute Gasteiger partial charge is 0.357 e. The lowest BCUT2D eigenvalue weighted by Crippen LogP contribution is -2.12. The van der Waals surface area contributed by atoms with Crippen molar-refractivity contribution < 1.29 is 0 Å². The summed E-state index contributed by atoms with van der Waals surface area (Å²) in [5.74, 6) is 0. The molecule has 2 aromatic rings. The van der Waals surface area contributed by atoms with Crippen LogP contribution in [-0.2, 0) is 0 Å². The zero-order valence-corrected chi connectivity index (χ0v) is 8.89. The first-order valence-corrected chi connectivity index (χ1v) is 4.98. The van der Waals surface area contributed by atoms with Crippen LogP contribution in [0.3, 0.4) is 0 Å². The van der Waals surface area contributed by atoms with Gasteiger partial charge in [0.15, 0.2) is 0 Å². The highest BCUT2D eigenvalue weighted by Gasteiger charge is 2.07. The van der Waals surface area contributed by atoms with Crippen molar-refractivity contribution in [3.8, 4) is 0 Å². The molecule has 1 aromatic carbocycles. The number of hydrogen-bond acceptors (Lipinski definition) is 1. The van der Waals surface area contributed by atoms with Gasteiger partial charge in [-0.3, -0.25) is 0 Å². The van der Waals surface area contributed by atoms with Crippen LogP contribution in [0.25, 0.3) is 10.9 Å². The lowest BCUT2D eigenvalue weighted by atomic mass is 10.1. The second-order valence-corrected chi connectivity index (χ2v) is 3.77. The maximum atomic E-state index is 3.42. The molecule has 2 heteroatoms. The molecule has 0 aliphatic carbocycles. The number of aryl methyl sites for hydroxylation is 1. The molecule has 0 saturated heterocycles. The van der Waals surface area contributed by atoms with Gasteiger partial charge >= 0.3 is 0 Å². The van der Waals surface area contributed by atoms with Gasteiger partial charge in [-0.25, -0.2) is 0 Å². The molecule has 0 saturated carbocycles. The van der Waals surface area contributed by atoms with Crippen molar-refractivity contribution >= 4 is 10.9 Å². The first-order valence-electron chi connectivity index (χ1n) is 4.98. The van der Waals surface area contributed by atoms with E-state index in [2.05, 4.69) is 48.4 Å². The molecule has 0 aliphatic rings. The predicted molar refractivity (Wildman–Crippen MR) is 60.5 cm³/mol. The summed E-state index contributed by atoms with van der Waals surface area (Å²) in [5, 5.41) is 4.55. The van der Waals surface area contributed by atoms with Crippen molar-refractivity contribution in [3.63, 3.8) is 0 Å². The van der Waals surface area contributed by atoms with Crippen molar-refractivity contribution in [2.75, 3.05) is 7.05 Å². The van der Waals surface area contributed by atoms with Crippen LogP contribution in [0.1, 0.15) is 24.2 Å². The minimum Gasteiger partial charge on any atom is -0.357 e. The molecule has 0 fully saturated rings. The summed E-state index contributed by atoms with van der Waals surface area (Å²) in [6.45, 7) is 4.30. The Morgan fingerprint density at radius 3 is 2.79 bits per heavy atom. The maximum absolute atomic E-state index is 3.42. The van der Waals surface area contributed by atoms with E-state index in [0.29, 0.717) is 6.04 Å². The third-order valence-electron chi connectivity index (χ3n) is 2.80. The van der Waals surface area contributed by atoms with E-state index in [0.717, 1.165) is 0 Å². The second kappa shape index (κ2) is 3.46. The molecule has 0 bridgehead atoms. The Bertz CT molecular complexity index is 443. The molecule has 14 heavy (non-hydrogen) atoms. The van der Waals surface area contributed by atoms with Crippen molar-refractivity contribution in [1.29, 1.82) is 0 Å². The van der Waals surface area contributed by atoms with Gasteiger partial charge in [-0.05, 0) is 38.6 Å². The van der Waals surface area contributed by atoms with Crippen LogP contribution in [0.4, 0.5) is 0 Å². The van der Waals surface area contributed by atoms with E-state index < -0.39 is 0 Å². The highest BCUT2D eigenvalue weighted by Crippen LogP contribution is 2.22. The van der Waals surface area contributed by atoms with Gasteiger partial charge < -0.3 is 10.3 Å². The van der Waals surface area contributed by atoms with E-state index >= 15 is 0 Å². The monoisotopic (exact) mass is 188 g/mol. The van der Waals surface area contributed by atoms with Gasteiger partial charge in [0, 0.05) is 22.6 Å². The van der Waals surface area contributed by atoms with Gasteiger partial charge in [0.05, 0.1) is 0 Å². The SMILES string of the molecule is CNC(C)c1cc2c(C)cccc2[nH]1. The van der Waals surface area contributed by atoms with E-state index in [1.807, 2.05) is 7.05 Å². The maximum Gasteiger partial charge on any atom is 0.0459 e. The van der Waals surface area contributed by atoms with Gasteiger partial charge in [0.2, 0.25) is 0 Å². The smallest absolute Gasteiger partial charge is 0.0459 e. The highest BCUT2D eigenvalue weighted by molar-refractivity contribution is 5.83. The molecular weight excluding hydrogens is 172 g/mol. The number of benzene rings is 1. The second-order valence-electron chi connectivity index (χ2n) is 3.77. The summed E-state index contributed by atoms with van der Waals surface area (Å²) in [5.41, 5.74) is 3.80. The van der Waals surface area contributed by atoms with Crippen LogP contribution in [-0.4, -0.2) is 12.0 Å². The molecule has 2 rings (SSSR count). The summed E-state index contributed by atoms with van der Waals surface area (Å²) in [6, 6.07) is 8.95. The van der Waals surface area contributed by atoms with Crippen LogP contribution < -0.4 is 5.32 Å². The van der Waals surface area contributed by atoms with E-state index in [-0.39, 0.29) is 0 Å². The Morgan fingerprint density at radius 2 is 2.14 bits per heavy atom. The van der Waals surface area contributed by atoms with E-state index in [4.69, 9.17) is 0 Å². The van der Waals surface area contributed by atoms with Gasteiger partial charge in [0.1, 0.15) is 0 Å². The topological polar surface area (TPSA) is 27.8 Å². The number of aromatic amines is 1. The summed E-state index contributed by atoms with van der Waals surface area (Å²) in [7, 11) is 1.98. The summed E-state index contributed by atoms with van der Waals surface area (Å²) >= 11 is 0. The number of fused-ring (bicyclic) bond motifs is 1. The zero-order valence-electron chi connectivity index (χ0n) is 8.89. The molecule has 1 atom stereocenters. The summed E-state index contributed by atoms with van der Waals surface area (Å²) in [4.78, 5) is 3.42. The molecule has 0 radical (unpaired) electrons. The van der Waals surface area contributed by atoms with Crippen LogP contribution >= 0.6 is 0 Å². The van der Waals surface area contributed by atoms with Crippen LogP contribution in [0.2, 0.25) is 0 Å². The predicted octanol–water partition coefficient (Wildman–Crippen LogP) is 2.76. The third kappa shape index (κ3) is 1.42. The zero-order chi connectivity index (χ0) is 10.1. The number of nitrogens with one attached hydrogen (secondary N) is 2. The fraction of sp³-hybridized carbons (Fsp3) is 0.333. The molecule has 2 nitrogen and oxygen atoms in total. The fourth-order valence-corrected chi connectivity index (χ4v) is 1.72. The average Bonchev–Trinajstić information content (AvgIpc) is 2.62. The Morgan fingerprint density at radius 1 is 1.36 bits per heavy atom. The molecule has 1 heterocycles. The molecule has 2 N–H and O–H groups in total. The van der Waals surface area contributed by atoms with Crippen molar-refractivity contribution in [2.24, 2.45) is 0 Å². The molecule has 1 aromatic heterocycles. The van der Waals surface area contributed by atoms with E-state index in [1.165, 1.54) is 22.2 Å². The van der Waals surface area contributed by atoms with Crippen molar-refractivity contribution in [1.82, 2.24) is 10.3 Å². The molecule has 74 valence electrons. The van der Waals surface area contributed by atoms with Crippen LogP contribution in [0, 0.1) is 6.92 Å². The standard InChI is InChI=1S/C12H16N2/c1-8-5-4-6-11-10(8)7-12(14-11)9(2)13-3/h4-7,9,13-14H,1-3H3. The molecule has 0 aliphatic heterocycles. The lowest BCUT2D eigenvalue weighted by molar-refractivity contribution is 0.638. The number of rotatable bonds is 2.